The normalized spacial score (nSPS) is 29.4. The highest BCUT2D eigenvalue weighted by atomic mass is 16.6. The van der Waals surface area contributed by atoms with Gasteiger partial charge in [-0.3, -0.25) is 9.69 Å². The largest absolute Gasteiger partial charge is 0.444 e. The van der Waals surface area contributed by atoms with Crippen LogP contribution in [0, 0.1) is 5.92 Å². The summed E-state index contributed by atoms with van der Waals surface area (Å²) in [6.07, 6.45) is 2.18. The highest BCUT2D eigenvalue weighted by Crippen LogP contribution is 2.33. The zero-order valence-electron chi connectivity index (χ0n) is 10.2. The smallest absolute Gasteiger partial charge is 0.410 e. The van der Waals surface area contributed by atoms with Crippen molar-refractivity contribution in [1.29, 1.82) is 0 Å². The Balaban J connectivity index is 2.05. The van der Waals surface area contributed by atoms with E-state index in [1.807, 2.05) is 20.8 Å². The number of hydrogen-bond acceptors (Lipinski definition) is 3. The lowest BCUT2D eigenvalue weighted by Gasteiger charge is -2.44. The molecule has 2 heterocycles. The quantitative estimate of drug-likeness (QED) is 0.633. The first kappa shape index (κ1) is 11.4. The molecule has 0 aromatic heterocycles. The van der Waals surface area contributed by atoms with E-state index in [0.29, 0.717) is 18.9 Å². The van der Waals surface area contributed by atoms with Crippen molar-refractivity contribution >= 4 is 11.9 Å². The first-order chi connectivity index (χ1) is 7.37. The maximum atomic E-state index is 11.9. The van der Waals surface area contributed by atoms with Crippen molar-refractivity contribution < 1.29 is 14.3 Å². The van der Waals surface area contributed by atoms with Crippen LogP contribution >= 0.6 is 0 Å². The summed E-state index contributed by atoms with van der Waals surface area (Å²) in [5, 5.41) is 0. The first-order valence-electron chi connectivity index (χ1n) is 5.89. The van der Waals surface area contributed by atoms with Crippen molar-refractivity contribution in [2.45, 2.75) is 51.7 Å². The summed E-state index contributed by atoms with van der Waals surface area (Å²) >= 11 is 0. The van der Waals surface area contributed by atoms with Crippen molar-refractivity contribution in [3.8, 4) is 0 Å². The highest BCUT2D eigenvalue weighted by Gasteiger charge is 2.43. The minimum absolute atomic E-state index is 0.202. The van der Waals surface area contributed by atoms with E-state index in [4.69, 9.17) is 4.74 Å². The van der Waals surface area contributed by atoms with Gasteiger partial charge >= 0.3 is 6.09 Å². The fourth-order valence-electron chi connectivity index (χ4n) is 2.49. The summed E-state index contributed by atoms with van der Waals surface area (Å²) in [6.45, 7) is 6.21. The Morgan fingerprint density at radius 3 is 2.56 bits per heavy atom. The number of carbonyl (C=O) groups is 2. The van der Waals surface area contributed by atoms with Gasteiger partial charge in [0.1, 0.15) is 5.60 Å². The maximum absolute atomic E-state index is 11.9. The number of piperidine rings is 2. The third-order valence-corrected chi connectivity index (χ3v) is 3.17. The lowest BCUT2D eigenvalue weighted by molar-refractivity contribution is -0.132. The molecule has 0 spiro atoms. The molecule has 0 aromatic carbocycles. The number of Topliss-reactive ketones (excluding diaryl/α,β-unsaturated/α-hetero) is 1. The molecule has 2 aliphatic heterocycles. The lowest BCUT2D eigenvalue weighted by atomic mass is 9.79. The number of fused-ring (bicyclic) bond motifs is 3. The molecule has 1 saturated carbocycles. The van der Waals surface area contributed by atoms with Crippen LogP contribution in [-0.2, 0) is 9.53 Å². The van der Waals surface area contributed by atoms with Gasteiger partial charge in [-0.1, -0.05) is 0 Å². The molecule has 4 heteroatoms. The van der Waals surface area contributed by atoms with Crippen LogP contribution in [0.15, 0.2) is 0 Å². The van der Waals surface area contributed by atoms with Gasteiger partial charge in [0.2, 0.25) is 0 Å². The summed E-state index contributed by atoms with van der Waals surface area (Å²) in [7, 11) is 0. The minimum atomic E-state index is -0.489. The number of ether oxygens (including phenoxy) is 1. The van der Waals surface area contributed by atoms with Gasteiger partial charge in [0.25, 0.3) is 0 Å². The molecule has 2 saturated heterocycles. The second kappa shape index (κ2) is 3.75. The minimum Gasteiger partial charge on any atom is -0.444 e. The van der Waals surface area contributed by atoms with Crippen molar-refractivity contribution in [3.63, 3.8) is 0 Å². The van der Waals surface area contributed by atoms with Crippen LogP contribution in [0.4, 0.5) is 4.79 Å². The second-order valence-corrected chi connectivity index (χ2v) is 5.76. The van der Waals surface area contributed by atoms with E-state index in [-0.39, 0.29) is 17.9 Å². The van der Waals surface area contributed by atoms with Gasteiger partial charge in [-0.15, -0.1) is 0 Å². The first-order valence-corrected chi connectivity index (χ1v) is 5.89. The third-order valence-electron chi connectivity index (χ3n) is 3.17. The van der Waals surface area contributed by atoms with Gasteiger partial charge < -0.3 is 4.74 Å². The van der Waals surface area contributed by atoms with E-state index < -0.39 is 5.60 Å². The van der Waals surface area contributed by atoms with Crippen LogP contribution in [0.5, 0.6) is 0 Å². The number of carbonyl (C=O) groups excluding carboxylic acids is 2. The molecule has 4 nitrogen and oxygen atoms in total. The second-order valence-electron chi connectivity index (χ2n) is 5.76. The Kier molecular flexibility index (Phi) is 2.68. The Hall–Kier alpha value is -1.06. The summed E-state index contributed by atoms with van der Waals surface area (Å²) in [5.41, 5.74) is -0.489. The molecular weight excluding hydrogens is 206 g/mol. The number of rotatable bonds is 0. The fraction of sp³-hybridized carbons (Fsp3) is 0.833. The molecule has 3 fully saturated rings. The van der Waals surface area contributed by atoms with Gasteiger partial charge in [-0.25, -0.2) is 4.79 Å². The number of amides is 1. The zero-order chi connectivity index (χ0) is 11.9. The van der Waals surface area contributed by atoms with E-state index in [0.717, 1.165) is 12.8 Å². The van der Waals surface area contributed by atoms with Gasteiger partial charge in [0.05, 0.1) is 6.04 Å². The number of hydrogen-bond donors (Lipinski definition) is 0. The Bertz CT molecular complexity index is 319. The van der Waals surface area contributed by atoms with E-state index in [1.165, 1.54) is 0 Å². The van der Waals surface area contributed by atoms with Crippen molar-refractivity contribution in [2.24, 2.45) is 5.92 Å². The fourth-order valence-corrected chi connectivity index (χ4v) is 2.49. The van der Waals surface area contributed by atoms with E-state index in [1.54, 1.807) is 4.90 Å². The van der Waals surface area contributed by atoms with Gasteiger partial charge in [-0.2, -0.15) is 0 Å². The molecule has 3 aliphatic rings. The number of nitrogens with zero attached hydrogens (tertiary/aromatic N) is 1. The van der Waals surface area contributed by atoms with Gasteiger partial charge in [-0.05, 0) is 39.5 Å². The van der Waals surface area contributed by atoms with E-state index >= 15 is 0 Å². The van der Waals surface area contributed by atoms with Crippen molar-refractivity contribution in [3.05, 3.63) is 0 Å². The van der Waals surface area contributed by atoms with Crippen LogP contribution in [-0.4, -0.2) is 35.0 Å². The van der Waals surface area contributed by atoms with Crippen LogP contribution in [0.25, 0.3) is 0 Å². The standard InChI is InChI=1S/C12H19NO3/c1-12(2,3)16-11(15)13-7-8-4-5-9(13)10(14)6-8/h8-9H,4-7H2,1-3H3. The Morgan fingerprint density at radius 2 is 2.06 bits per heavy atom. The zero-order valence-corrected chi connectivity index (χ0v) is 10.2. The predicted molar refractivity (Wildman–Crippen MR) is 59.1 cm³/mol. The molecular formula is C12H19NO3. The molecule has 16 heavy (non-hydrogen) atoms. The molecule has 90 valence electrons. The summed E-state index contributed by atoms with van der Waals surface area (Å²) in [6, 6.07) is -0.222. The summed E-state index contributed by atoms with van der Waals surface area (Å²) < 4.78 is 5.31. The van der Waals surface area contributed by atoms with E-state index in [2.05, 4.69) is 0 Å². The molecule has 0 aromatic rings. The van der Waals surface area contributed by atoms with Crippen LogP contribution < -0.4 is 0 Å². The molecule has 2 unspecified atom stereocenters. The lowest BCUT2D eigenvalue weighted by Crippen LogP contribution is -2.56. The molecule has 3 rings (SSSR count). The summed E-state index contributed by atoms with van der Waals surface area (Å²) in [5.74, 6) is 0.554. The van der Waals surface area contributed by atoms with Gasteiger partial charge in [0.15, 0.2) is 5.78 Å². The predicted octanol–water partition coefficient (Wildman–Crippen LogP) is 1.97. The summed E-state index contributed by atoms with van der Waals surface area (Å²) in [4.78, 5) is 25.2. The van der Waals surface area contributed by atoms with Crippen LogP contribution in [0.3, 0.4) is 0 Å². The monoisotopic (exact) mass is 225 g/mol. The van der Waals surface area contributed by atoms with Crippen molar-refractivity contribution in [2.75, 3.05) is 6.54 Å². The SMILES string of the molecule is CC(C)(C)OC(=O)N1CC2CCC1C(=O)C2. The average molecular weight is 225 g/mol. The number of ketones is 1. The average Bonchev–Trinajstić information content (AvgIpc) is 2.15. The third kappa shape index (κ3) is 2.20. The van der Waals surface area contributed by atoms with E-state index in [9.17, 15) is 9.59 Å². The topological polar surface area (TPSA) is 46.6 Å². The highest BCUT2D eigenvalue weighted by molar-refractivity contribution is 5.89. The molecule has 1 amide bonds. The van der Waals surface area contributed by atoms with Crippen LogP contribution in [0.2, 0.25) is 0 Å². The Morgan fingerprint density at radius 1 is 1.38 bits per heavy atom. The molecule has 2 bridgehead atoms. The molecule has 2 atom stereocenters. The van der Waals surface area contributed by atoms with Gasteiger partial charge in [0, 0.05) is 13.0 Å². The van der Waals surface area contributed by atoms with Crippen LogP contribution in [0.1, 0.15) is 40.0 Å². The maximum Gasteiger partial charge on any atom is 0.410 e. The molecule has 1 aliphatic carbocycles. The molecule has 0 N–H and O–H groups in total. The van der Waals surface area contributed by atoms with Crippen molar-refractivity contribution in [1.82, 2.24) is 4.90 Å². The molecule has 0 radical (unpaired) electrons. The Labute approximate surface area is 95.9 Å².